The van der Waals surface area contributed by atoms with Gasteiger partial charge in [-0.2, -0.15) is 12.6 Å². The van der Waals surface area contributed by atoms with E-state index < -0.39 is 0 Å². The summed E-state index contributed by atoms with van der Waals surface area (Å²) in [4.78, 5) is 0. The number of rotatable bonds is 5. The molecule has 0 bridgehead atoms. The number of hydrogen-bond donors (Lipinski definition) is 2. The molecule has 0 spiro atoms. The Balaban J connectivity index is 4.94. The van der Waals surface area contributed by atoms with Gasteiger partial charge in [-0.05, 0) is 20.3 Å². The van der Waals surface area contributed by atoms with Crippen molar-refractivity contribution in [2.45, 2.75) is 27.2 Å². The van der Waals surface area contributed by atoms with Gasteiger partial charge in [0.2, 0.25) is 0 Å². The first-order valence-electron chi connectivity index (χ1n) is 4.81. The Bertz CT molecular complexity index is 190. The number of allylic oxidation sites excluding steroid dienone is 2. The fourth-order valence-corrected chi connectivity index (χ4v) is 2.13. The molecule has 0 heterocycles. The van der Waals surface area contributed by atoms with Crippen LogP contribution in [0.2, 0.25) is 0 Å². The standard InChI is InChI=1S/C11H21NS/c1-4-7-11(8-12,9-13)10(5-2)6-3/h4-5,7,13H,6,8-9,12H2,1-3H3/b7-4-,10-5+. The quantitative estimate of drug-likeness (QED) is 0.517. The molecule has 0 saturated heterocycles. The van der Waals surface area contributed by atoms with Crippen molar-refractivity contribution in [3.63, 3.8) is 0 Å². The lowest BCUT2D eigenvalue weighted by Crippen LogP contribution is -2.32. The molecule has 0 aromatic rings. The van der Waals surface area contributed by atoms with Crippen molar-refractivity contribution in [2.24, 2.45) is 11.1 Å². The van der Waals surface area contributed by atoms with Crippen molar-refractivity contribution in [1.82, 2.24) is 0 Å². The van der Waals surface area contributed by atoms with Crippen LogP contribution in [0.1, 0.15) is 27.2 Å². The molecule has 76 valence electrons. The molecule has 0 saturated carbocycles. The molecule has 0 amide bonds. The third kappa shape index (κ3) is 2.89. The fraction of sp³-hybridized carbons (Fsp3) is 0.636. The van der Waals surface area contributed by atoms with E-state index in [2.05, 4.69) is 44.7 Å². The second-order valence-electron chi connectivity index (χ2n) is 3.19. The Morgan fingerprint density at radius 3 is 2.31 bits per heavy atom. The molecule has 0 fully saturated rings. The molecule has 1 unspecified atom stereocenters. The van der Waals surface area contributed by atoms with Crippen LogP contribution in [0.25, 0.3) is 0 Å². The topological polar surface area (TPSA) is 26.0 Å². The van der Waals surface area contributed by atoms with Crippen molar-refractivity contribution in [2.75, 3.05) is 12.3 Å². The minimum absolute atomic E-state index is 0.0264. The lowest BCUT2D eigenvalue weighted by Gasteiger charge is -2.30. The summed E-state index contributed by atoms with van der Waals surface area (Å²) in [5.74, 6) is 0.779. The van der Waals surface area contributed by atoms with Crippen LogP contribution < -0.4 is 5.73 Å². The van der Waals surface area contributed by atoms with E-state index >= 15 is 0 Å². The van der Waals surface area contributed by atoms with Crippen LogP contribution in [0.15, 0.2) is 23.8 Å². The second-order valence-corrected chi connectivity index (χ2v) is 3.50. The summed E-state index contributed by atoms with van der Waals surface area (Å²) < 4.78 is 0. The van der Waals surface area contributed by atoms with Crippen LogP contribution in [0, 0.1) is 5.41 Å². The molecule has 2 N–H and O–H groups in total. The Morgan fingerprint density at radius 1 is 1.46 bits per heavy atom. The molecule has 0 aliphatic rings. The fourth-order valence-electron chi connectivity index (χ4n) is 1.69. The van der Waals surface area contributed by atoms with Gasteiger partial charge in [-0.3, -0.25) is 0 Å². The molecular weight excluding hydrogens is 178 g/mol. The molecule has 0 aliphatic heterocycles. The summed E-state index contributed by atoms with van der Waals surface area (Å²) in [6.45, 7) is 6.88. The molecular formula is C11H21NS. The maximum absolute atomic E-state index is 5.82. The van der Waals surface area contributed by atoms with E-state index in [-0.39, 0.29) is 5.41 Å². The molecule has 1 atom stereocenters. The van der Waals surface area contributed by atoms with Gasteiger partial charge in [0.25, 0.3) is 0 Å². The van der Waals surface area contributed by atoms with Gasteiger partial charge in [0.05, 0.1) is 0 Å². The van der Waals surface area contributed by atoms with Gasteiger partial charge >= 0.3 is 0 Å². The minimum Gasteiger partial charge on any atom is -0.329 e. The van der Waals surface area contributed by atoms with E-state index in [1.807, 2.05) is 6.92 Å². The van der Waals surface area contributed by atoms with E-state index in [0.29, 0.717) is 6.54 Å². The highest BCUT2D eigenvalue weighted by Gasteiger charge is 2.26. The lowest BCUT2D eigenvalue weighted by molar-refractivity contribution is 0.522. The van der Waals surface area contributed by atoms with E-state index in [4.69, 9.17) is 5.73 Å². The Hall–Kier alpha value is -0.210. The monoisotopic (exact) mass is 199 g/mol. The SMILES string of the molecule is C/C=C\C(CN)(CS)/C(=C/C)CC. The third-order valence-electron chi connectivity index (χ3n) is 2.50. The number of thiol groups is 1. The number of nitrogens with two attached hydrogens (primary N) is 1. The summed E-state index contributed by atoms with van der Waals surface area (Å²) in [5, 5.41) is 0. The van der Waals surface area contributed by atoms with Crippen LogP contribution in [-0.4, -0.2) is 12.3 Å². The van der Waals surface area contributed by atoms with Gasteiger partial charge in [0.1, 0.15) is 0 Å². The largest absolute Gasteiger partial charge is 0.329 e. The van der Waals surface area contributed by atoms with Crippen molar-refractivity contribution >= 4 is 12.6 Å². The molecule has 0 aromatic heterocycles. The minimum atomic E-state index is -0.0264. The average Bonchev–Trinajstić information content (AvgIpc) is 2.18. The molecule has 13 heavy (non-hydrogen) atoms. The van der Waals surface area contributed by atoms with Gasteiger partial charge in [-0.15, -0.1) is 0 Å². The molecule has 0 aromatic carbocycles. The Morgan fingerprint density at radius 2 is 2.08 bits per heavy atom. The summed E-state index contributed by atoms with van der Waals surface area (Å²) in [6.07, 6.45) is 7.42. The van der Waals surface area contributed by atoms with Gasteiger partial charge in [0.15, 0.2) is 0 Å². The first-order valence-corrected chi connectivity index (χ1v) is 5.44. The van der Waals surface area contributed by atoms with Crippen molar-refractivity contribution in [3.8, 4) is 0 Å². The maximum Gasteiger partial charge on any atom is 0.0301 e. The first kappa shape index (κ1) is 12.8. The van der Waals surface area contributed by atoms with Crippen LogP contribution in [-0.2, 0) is 0 Å². The van der Waals surface area contributed by atoms with Crippen LogP contribution in [0.4, 0.5) is 0 Å². The summed E-state index contributed by atoms with van der Waals surface area (Å²) in [6, 6.07) is 0. The number of hydrogen-bond acceptors (Lipinski definition) is 2. The molecule has 1 nitrogen and oxygen atoms in total. The Labute approximate surface area is 87.5 Å². The zero-order valence-corrected chi connectivity index (χ0v) is 9.77. The average molecular weight is 199 g/mol. The molecule has 0 rings (SSSR count). The smallest absolute Gasteiger partial charge is 0.0301 e. The first-order chi connectivity index (χ1) is 6.20. The lowest BCUT2D eigenvalue weighted by atomic mass is 9.80. The maximum atomic E-state index is 5.82. The highest BCUT2D eigenvalue weighted by molar-refractivity contribution is 7.80. The molecule has 0 aliphatic carbocycles. The van der Waals surface area contributed by atoms with Crippen molar-refractivity contribution < 1.29 is 0 Å². The van der Waals surface area contributed by atoms with E-state index in [0.717, 1.165) is 12.2 Å². The molecule has 0 radical (unpaired) electrons. The summed E-state index contributed by atoms with van der Waals surface area (Å²) in [5.41, 5.74) is 7.17. The normalized spacial score (nSPS) is 17.8. The van der Waals surface area contributed by atoms with Gasteiger partial charge < -0.3 is 5.73 Å². The third-order valence-corrected chi connectivity index (χ3v) is 3.07. The highest BCUT2D eigenvalue weighted by Crippen LogP contribution is 2.31. The predicted molar refractivity (Wildman–Crippen MR) is 64.2 cm³/mol. The summed E-state index contributed by atoms with van der Waals surface area (Å²) in [7, 11) is 0. The van der Waals surface area contributed by atoms with Crippen LogP contribution in [0.5, 0.6) is 0 Å². The van der Waals surface area contributed by atoms with Gasteiger partial charge in [0, 0.05) is 17.7 Å². The molecule has 2 heteroatoms. The second kappa shape index (κ2) is 6.28. The zero-order chi connectivity index (χ0) is 10.3. The zero-order valence-electron chi connectivity index (χ0n) is 8.88. The van der Waals surface area contributed by atoms with Crippen LogP contribution >= 0.6 is 12.6 Å². The Kier molecular flexibility index (Phi) is 6.17. The van der Waals surface area contributed by atoms with E-state index in [1.165, 1.54) is 5.57 Å². The summed E-state index contributed by atoms with van der Waals surface area (Å²) >= 11 is 4.39. The van der Waals surface area contributed by atoms with Gasteiger partial charge in [-0.1, -0.05) is 30.7 Å². The van der Waals surface area contributed by atoms with Crippen molar-refractivity contribution in [3.05, 3.63) is 23.8 Å². The van der Waals surface area contributed by atoms with E-state index in [1.54, 1.807) is 0 Å². The highest BCUT2D eigenvalue weighted by atomic mass is 32.1. The predicted octanol–water partition coefficient (Wildman–Crippen LogP) is 2.79. The van der Waals surface area contributed by atoms with E-state index in [9.17, 15) is 0 Å². The van der Waals surface area contributed by atoms with Crippen LogP contribution in [0.3, 0.4) is 0 Å². The van der Waals surface area contributed by atoms with Crippen molar-refractivity contribution in [1.29, 1.82) is 0 Å². The van der Waals surface area contributed by atoms with Gasteiger partial charge in [-0.25, -0.2) is 0 Å².